The van der Waals surface area contributed by atoms with Crippen molar-refractivity contribution in [3.05, 3.63) is 24.0 Å². The Labute approximate surface area is 131 Å². The van der Waals surface area contributed by atoms with Gasteiger partial charge in [0.05, 0.1) is 18.1 Å². The minimum absolute atomic E-state index is 0.397. The third kappa shape index (κ3) is 2.89. The average molecular weight is 307 g/mol. The zero-order valence-electron chi connectivity index (χ0n) is 12.9. The van der Waals surface area contributed by atoms with Crippen molar-refractivity contribution in [2.45, 2.75) is 45.6 Å². The molecule has 0 spiro atoms. The van der Waals surface area contributed by atoms with E-state index in [0.29, 0.717) is 11.3 Å². The van der Waals surface area contributed by atoms with Crippen LogP contribution in [0.25, 0.3) is 11.0 Å². The number of aromatic nitrogens is 2. The summed E-state index contributed by atoms with van der Waals surface area (Å²) in [6.45, 7) is 3.45. The van der Waals surface area contributed by atoms with Gasteiger partial charge >= 0.3 is 0 Å². The smallest absolute Gasteiger partial charge is 0.121 e. The van der Waals surface area contributed by atoms with Gasteiger partial charge in [-0.1, -0.05) is 19.8 Å². The number of methoxy groups -OCH3 is 1. The minimum atomic E-state index is 0.397. The van der Waals surface area contributed by atoms with Crippen molar-refractivity contribution in [1.82, 2.24) is 9.55 Å². The largest absolute Gasteiger partial charge is 0.497 e. The SMILES string of the molecule is COc1ccc2c(c1)nc(CCCl)n2CC1(C)CCCC1. The van der Waals surface area contributed by atoms with Gasteiger partial charge < -0.3 is 9.30 Å². The highest BCUT2D eigenvalue weighted by Crippen LogP contribution is 2.40. The molecule has 114 valence electrons. The molecule has 21 heavy (non-hydrogen) atoms. The molecule has 0 radical (unpaired) electrons. The maximum absolute atomic E-state index is 5.97. The van der Waals surface area contributed by atoms with Gasteiger partial charge in [-0.3, -0.25) is 0 Å². The van der Waals surface area contributed by atoms with E-state index in [4.69, 9.17) is 21.3 Å². The van der Waals surface area contributed by atoms with Crippen LogP contribution in [0.15, 0.2) is 18.2 Å². The lowest BCUT2D eigenvalue weighted by Gasteiger charge is -2.25. The van der Waals surface area contributed by atoms with Crippen molar-refractivity contribution in [3.63, 3.8) is 0 Å². The molecule has 1 saturated carbocycles. The quantitative estimate of drug-likeness (QED) is 0.765. The number of hydrogen-bond donors (Lipinski definition) is 0. The van der Waals surface area contributed by atoms with E-state index in [2.05, 4.69) is 17.6 Å². The Hall–Kier alpha value is -1.22. The van der Waals surface area contributed by atoms with Crippen LogP contribution in [-0.2, 0) is 13.0 Å². The van der Waals surface area contributed by atoms with E-state index >= 15 is 0 Å². The third-order valence-electron chi connectivity index (χ3n) is 4.70. The van der Waals surface area contributed by atoms with Gasteiger partial charge in [0.2, 0.25) is 0 Å². The molecular weight excluding hydrogens is 284 g/mol. The van der Waals surface area contributed by atoms with E-state index in [-0.39, 0.29) is 0 Å². The standard InChI is InChI=1S/C17H23ClN2O/c1-17(8-3-4-9-17)12-20-15-6-5-13(21-2)11-14(15)19-16(20)7-10-18/h5-6,11H,3-4,7-10,12H2,1-2H3. The van der Waals surface area contributed by atoms with Crippen molar-refractivity contribution >= 4 is 22.6 Å². The first-order chi connectivity index (χ1) is 10.1. The molecular formula is C17H23ClN2O. The van der Waals surface area contributed by atoms with Crippen LogP contribution in [0.4, 0.5) is 0 Å². The van der Waals surface area contributed by atoms with Crippen LogP contribution < -0.4 is 4.74 Å². The number of alkyl halides is 1. The third-order valence-corrected chi connectivity index (χ3v) is 4.89. The summed E-state index contributed by atoms with van der Waals surface area (Å²) in [4.78, 5) is 4.78. The second-order valence-electron chi connectivity index (χ2n) is 6.43. The number of aryl methyl sites for hydroxylation is 1. The number of nitrogens with zero attached hydrogens (tertiary/aromatic N) is 2. The minimum Gasteiger partial charge on any atom is -0.497 e. The van der Waals surface area contributed by atoms with E-state index in [1.807, 2.05) is 12.1 Å². The van der Waals surface area contributed by atoms with Crippen molar-refractivity contribution < 1.29 is 4.74 Å². The highest BCUT2D eigenvalue weighted by atomic mass is 35.5. The van der Waals surface area contributed by atoms with Gasteiger partial charge in [-0.2, -0.15) is 0 Å². The van der Waals surface area contributed by atoms with E-state index in [1.54, 1.807) is 7.11 Å². The maximum Gasteiger partial charge on any atom is 0.121 e. The highest BCUT2D eigenvalue weighted by Gasteiger charge is 2.30. The summed E-state index contributed by atoms with van der Waals surface area (Å²) >= 11 is 5.97. The van der Waals surface area contributed by atoms with Gasteiger partial charge in [0.1, 0.15) is 11.6 Å². The summed E-state index contributed by atoms with van der Waals surface area (Å²) in [5.74, 6) is 2.56. The Kier molecular flexibility index (Phi) is 4.12. The highest BCUT2D eigenvalue weighted by molar-refractivity contribution is 6.17. The normalized spacial score (nSPS) is 17.5. The topological polar surface area (TPSA) is 27.1 Å². The summed E-state index contributed by atoms with van der Waals surface area (Å²) in [5.41, 5.74) is 2.61. The Balaban J connectivity index is 2.03. The molecule has 0 atom stereocenters. The molecule has 0 saturated heterocycles. The molecule has 3 rings (SSSR count). The second kappa shape index (κ2) is 5.88. The Morgan fingerprint density at radius 1 is 1.33 bits per heavy atom. The van der Waals surface area contributed by atoms with Crippen LogP contribution in [0.3, 0.4) is 0 Å². The second-order valence-corrected chi connectivity index (χ2v) is 6.80. The van der Waals surface area contributed by atoms with E-state index in [0.717, 1.165) is 30.1 Å². The molecule has 1 aliphatic carbocycles. The molecule has 0 aliphatic heterocycles. The fourth-order valence-corrected chi connectivity index (χ4v) is 3.68. The monoisotopic (exact) mass is 306 g/mol. The van der Waals surface area contributed by atoms with Crippen LogP contribution in [0, 0.1) is 5.41 Å². The molecule has 0 unspecified atom stereocenters. The Morgan fingerprint density at radius 3 is 2.76 bits per heavy atom. The van der Waals surface area contributed by atoms with Crippen molar-refractivity contribution in [3.8, 4) is 5.75 Å². The summed E-state index contributed by atoms with van der Waals surface area (Å²) in [6, 6.07) is 6.15. The van der Waals surface area contributed by atoms with E-state index < -0.39 is 0 Å². The lowest BCUT2D eigenvalue weighted by molar-refractivity contribution is 0.282. The molecule has 1 aliphatic rings. The van der Waals surface area contributed by atoms with E-state index in [1.165, 1.54) is 31.2 Å². The fraction of sp³-hybridized carbons (Fsp3) is 0.588. The number of benzene rings is 1. The van der Waals surface area contributed by atoms with Crippen molar-refractivity contribution in [2.24, 2.45) is 5.41 Å². The van der Waals surface area contributed by atoms with Crippen LogP contribution in [-0.4, -0.2) is 22.5 Å². The Bertz CT molecular complexity index is 629. The zero-order valence-corrected chi connectivity index (χ0v) is 13.6. The summed E-state index contributed by atoms with van der Waals surface area (Å²) < 4.78 is 7.69. The van der Waals surface area contributed by atoms with Crippen LogP contribution in [0.1, 0.15) is 38.4 Å². The first-order valence-electron chi connectivity index (χ1n) is 7.74. The van der Waals surface area contributed by atoms with Crippen molar-refractivity contribution in [1.29, 1.82) is 0 Å². The summed E-state index contributed by atoms with van der Waals surface area (Å²) in [7, 11) is 1.69. The van der Waals surface area contributed by atoms with Gasteiger partial charge in [0, 0.05) is 24.9 Å². The van der Waals surface area contributed by atoms with Crippen LogP contribution in [0.5, 0.6) is 5.75 Å². The molecule has 4 heteroatoms. The number of fused-ring (bicyclic) bond motifs is 1. The summed E-state index contributed by atoms with van der Waals surface area (Å²) in [5, 5.41) is 0. The van der Waals surface area contributed by atoms with Gasteiger partial charge in [0.15, 0.2) is 0 Å². The molecule has 2 aromatic rings. The lowest BCUT2D eigenvalue weighted by Crippen LogP contribution is -2.21. The van der Waals surface area contributed by atoms with Gasteiger partial charge in [-0.25, -0.2) is 4.98 Å². The predicted octanol–water partition coefficient (Wildman–Crippen LogP) is 4.41. The van der Waals surface area contributed by atoms with Crippen LogP contribution in [0.2, 0.25) is 0 Å². The molecule has 1 aromatic carbocycles. The fourth-order valence-electron chi connectivity index (χ4n) is 3.51. The first kappa shape index (κ1) is 14.7. The molecule has 0 N–H and O–H groups in total. The number of hydrogen-bond acceptors (Lipinski definition) is 2. The summed E-state index contributed by atoms with van der Waals surface area (Å²) in [6.07, 6.45) is 6.13. The van der Waals surface area contributed by atoms with Gasteiger partial charge in [0.25, 0.3) is 0 Å². The number of imidazole rings is 1. The van der Waals surface area contributed by atoms with Crippen molar-refractivity contribution in [2.75, 3.05) is 13.0 Å². The Morgan fingerprint density at radius 2 is 2.10 bits per heavy atom. The number of ether oxygens (including phenoxy) is 1. The molecule has 0 amide bonds. The van der Waals surface area contributed by atoms with E-state index in [9.17, 15) is 0 Å². The zero-order chi connectivity index (χ0) is 14.9. The average Bonchev–Trinajstić information content (AvgIpc) is 3.04. The predicted molar refractivity (Wildman–Crippen MR) is 87.3 cm³/mol. The molecule has 1 fully saturated rings. The number of rotatable bonds is 5. The van der Waals surface area contributed by atoms with Gasteiger partial charge in [-0.15, -0.1) is 11.6 Å². The maximum atomic E-state index is 5.97. The molecule has 1 aromatic heterocycles. The first-order valence-corrected chi connectivity index (χ1v) is 8.28. The van der Waals surface area contributed by atoms with Crippen LogP contribution >= 0.6 is 11.6 Å². The molecule has 0 bridgehead atoms. The molecule has 3 nitrogen and oxygen atoms in total. The molecule has 1 heterocycles. The van der Waals surface area contributed by atoms with Gasteiger partial charge in [-0.05, 0) is 30.4 Å². The lowest BCUT2D eigenvalue weighted by atomic mass is 9.88. The number of halogens is 1.